The van der Waals surface area contributed by atoms with Crippen LogP contribution >= 0.6 is 11.8 Å². The molecule has 0 spiro atoms. The molecule has 17 heavy (non-hydrogen) atoms. The van der Waals surface area contributed by atoms with Crippen molar-refractivity contribution >= 4 is 23.7 Å². The Kier molecular flexibility index (Phi) is 3.07. The number of hydrogen-bond donors (Lipinski definition) is 0. The van der Waals surface area contributed by atoms with E-state index in [0.717, 1.165) is 12.2 Å². The number of carbonyl (C=O) groups is 2. The molecule has 0 unspecified atom stereocenters. The first-order valence-corrected chi connectivity index (χ1v) is 6.21. The molecule has 2 rings (SSSR count). The van der Waals surface area contributed by atoms with Crippen LogP contribution < -0.4 is 0 Å². The highest BCUT2D eigenvalue weighted by Crippen LogP contribution is 2.60. The number of fused-ring (bicyclic) bond motifs is 1. The van der Waals surface area contributed by atoms with E-state index in [1.807, 2.05) is 0 Å². The second-order valence-electron chi connectivity index (χ2n) is 3.85. The Balaban J connectivity index is 2.46. The third-order valence-corrected chi connectivity index (χ3v) is 4.81. The lowest BCUT2D eigenvalue weighted by molar-refractivity contribution is -0.149. The van der Waals surface area contributed by atoms with Crippen molar-refractivity contribution in [2.24, 2.45) is 5.92 Å². The van der Waals surface area contributed by atoms with Crippen molar-refractivity contribution in [2.75, 3.05) is 27.1 Å². The Bertz CT molecular complexity index is 403. The number of esters is 2. The maximum Gasteiger partial charge on any atom is 0.339 e. The lowest BCUT2D eigenvalue weighted by Crippen LogP contribution is -2.54. The van der Waals surface area contributed by atoms with Gasteiger partial charge in [0.1, 0.15) is 11.3 Å². The Labute approximate surface area is 103 Å². The minimum Gasteiger partial charge on any atom is -0.500 e. The molecule has 1 heterocycles. The first-order chi connectivity index (χ1) is 8.13. The zero-order valence-electron chi connectivity index (χ0n) is 9.94. The van der Waals surface area contributed by atoms with Gasteiger partial charge in [-0.1, -0.05) is 0 Å². The van der Waals surface area contributed by atoms with Gasteiger partial charge in [0.15, 0.2) is 4.75 Å². The number of allylic oxidation sites excluding steroid dienone is 1. The minimum absolute atomic E-state index is 0.0703. The topological polar surface area (TPSA) is 61.8 Å². The van der Waals surface area contributed by atoms with Crippen LogP contribution in [0.5, 0.6) is 0 Å². The zero-order valence-corrected chi connectivity index (χ0v) is 10.8. The molecular weight excluding hydrogens is 244 g/mol. The maximum atomic E-state index is 11.9. The van der Waals surface area contributed by atoms with Gasteiger partial charge in [-0.15, -0.1) is 11.8 Å². The number of ether oxygens (including phenoxy) is 3. The van der Waals surface area contributed by atoms with Crippen molar-refractivity contribution < 1.29 is 23.8 Å². The monoisotopic (exact) mass is 258 g/mol. The van der Waals surface area contributed by atoms with E-state index in [1.54, 1.807) is 0 Å². The van der Waals surface area contributed by atoms with Crippen LogP contribution in [0, 0.1) is 5.92 Å². The molecule has 0 N–H and O–H groups in total. The lowest BCUT2D eigenvalue weighted by atomic mass is 9.70. The van der Waals surface area contributed by atoms with Gasteiger partial charge < -0.3 is 14.2 Å². The van der Waals surface area contributed by atoms with Gasteiger partial charge in [-0.25, -0.2) is 4.79 Å². The van der Waals surface area contributed by atoms with E-state index in [0.29, 0.717) is 11.3 Å². The van der Waals surface area contributed by atoms with Crippen LogP contribution in [0.15, 0.2) is 11.3 Å². The number of rotatable bonds is 3. The van der Waals surface area contributed by atoms with Crippen LogP contribution in [0.3, 0.4) is 0 Å². The van der Waals surface area contributed by atoms with Gasteiger partial charge in [-0.2, -0.15) is 0 Å². The first kappa shape index (κ1) is 12.3. The summed E-state index contributed by atoms with van der Waals surface area (Å²) in [5, 5.41) is 0. The molecule has 1 fully saturated rings. The Hall–Kier alpha value is -1.17. The van der Waals surface area contributed by atoms with E-state index in [4.69, 9.17) is 14.2 Å². The van der Waals surface area contributed by atoms with Crippen LogP contribution in [0.1, 0.15) is 6.42 Å². The van der Waals surface area contributed by atoms with Gasteiger partial charge >= 0.3 is 11.9 Å². The second kappa shape index (κ2) is 4.25. The molecule has 0 aromatic carbocycles. The summed E-state index contributed by atoms with van der Waals surface area (Å²) in [6.45, 7) is 0. The van der Waals surface area contributed by atoms with Crippen LogP contribution in [0.25, 0.3) is 0 Å². The van der Waals surface area contributed by atoms with E-state index in [1.165, 1.54) is 33.1 Å². The highest BCUT2D eigenvalue weighted by atomic mass is 32.2. The number of carbonyl (C=O) groups excluding carboxylic acids is 2. The van der Waals surface area contributed by atoms with Gasteiger partial charge in [-0.3, -0.25) is 4.79 Å². The van der Waals surface area contributed by atoms with Gasteiger partial charge in [0.2, 0.25) is 0 Å². The molecule has 6 heteroatoms. The number of methoxy groups -OCH3 is 3. The Morgan fingerprint density at radius 2 is 2.00 bits per heavy atom. The predicted octanol–water partition coefficient (Wildman–Crippen LogP) is 0.738. The molecular formula is C11H14O5S. The molecule has 2 aliphatic rings. The first-order valence-electron chi connectivity index (χ1n) is 5.22. The summed E-state index contributed by atoms with van der Waals surface area (Å²) in [5.41, 5.74) is 0.307. The van der Waals surface area contributed by atoms with E-state index in [2.05, 4.69) is 0 Å². The molecule has 0 saturated carbocycles. The van der Waals surface area contributed by atoms with Crippen molar-refractivity contribution in [3.8, 4) is 0 Å². The molecule has 0 amide bonds. The maximum absolute atomic E-state index is 11.9. The van der Waals surface area contributed by atoms with Crippen LogP contribution in [0.4, 0.5) is 0 Å². The summed E-state index contributed by atoms with van der Waals surface area (Å²) >= 11 is 1.43. The summed E-state index contributed by atoms with van der Waals surface area (Å²) in [6.07, 6.45) is 0.809. The van der Waals surface area contributed by atoms with E-state index in [9.17, 15) is 9.59 Å². The van der Waals surface area contributed by atoms with Gasteiger partial charge in [0.25, 0.3) is 0 Å². The standard InChI is InChI=1S/C11H14O5S/c1-14-8-6-4-5-17-11(6,10(13)16-3)7(8)9(12)15-2/h6H,4-5H2,1-3H3/t6-,11-/m0/s1. The zero-order chi connectivity index (χ0) is 12.6. The molecule has 0 aromatic rings. The molecule has 94 valence electrons. The minimum atomic E-state index is -0.910. The largest absolute Gasteiger partial charge is 0.500 e. The van der Waals surface area contributed by atoms with Crippen molar-refractivity contribution in [2.45, 2.75) is 11.2 Å². The van der Waals surface area contributed by atoms with Crippen LogP contribution in [-0.4, -0.2) is 43.8 Å². The molecule has 0 bridgehead atoms. The summed E-state index contributed by atoms with van der Waals surface area (Å²) < 4.78 is 13.8. The molecule has 1 aliphatic carbocycles. The molecule has 0 aromatic heterocycles. The second-order valence-corrected chi connectivity index (χ2v) is 5.19. The van der Waals surface area contributed by atoms with Gasteiger partial charge in [0, 0.05) is 5.92 Å². The molecule has 0 radical (unpaired) electrons. The summed E-state index contributed by atoms with van der Waals surface area (Å²) in [5.74, 6) is 0.378. The van der Waals surface area contributed by atoms with E-state index in [-0.39, 0.29) is 5.92 Å². The molecule has 2 atom stereocenters. The SMILES string of the molecule is COC(=O)C1=C(OC)[C@@H]2CCS[C@]12C(=O)OC. The third kappa shape index (κ3) is 1.40. The normalized spacial score (nSPS) is 30.4. The lowest BCUT2D eigenvalue weighted by Gasteiger charge is -2.42. The summed E-state index contributed by atoms with van der Waals surface area (Å²) in [6, 6.07) is 0. The van der Waals surface area contributed by atoms with Crippen molar-refractivity contribution in [3.63, 3.8) is 0 Å². The Morgan fingerprint density at radius 1 is 1.29 bits per heavy atom. The molecule has 1 saturated heterocycles. The van der Waals surface area contributed by atoms with Gasteiger partial charge in [-0.05, 0) is 12.2 Å². The fourth-order valence-electron chi connectivity index (χ4n) is 2.54. The molecule has 1 aliphatic heterocycles. The average Bonchev–Trinajstić information content (AvgIpc) is 2.69. The van der Waals surface area contributed by atoms with Crippen LogP contribution in [0.2, 0.25) is 0 Å². The average molecular weight is 258 g/mol. The Morgan fingerprint density at radius 3 is 2.53 bits per heavy atom. The fourth-order valence-corrected chi connectivity index (χ4v) is 4.17. The van der Waals surface area contributed by atoms with Crippen LogP contribution in [-0.2, 0) is 23.8 Å². The molecule has 5 nitrogen and oxygen atoms in total. The third-order valence-electron chi connectivity index (χ3n) is 3.26. The summed E-state index contributed by atoms with van der Waals surface area (Å²) in [7, 11) is 4.12. The number of thioether (sulfide) groups is 1. The van der Waals surface area contributed by atoms with Gasteiger partial charge in [0.05, 0.1) is 21.3 Å². The van der Waals surface area contributed by atoms with E-state index >= 15 is 0 Å². The van der Waals surface area contributed by atoms with Crippen molar-refractivity contribution in [1.82, 2.24) is 0 Å². The van der Waals surface area contributed by atoms with Crippen molar-refractivity contribution in [1.29, 1.82) is 0 Å². The highest BCUT2D eigenvalue weighted by molar-refractivity contribution is 8.02. The quantitative estimate of drug-likeness (QED) is 0.696. The number of hydrogen-bond acceptors (Lipinski definition) is 6. The van der Waals surface area contributed by atoms with Crippen molar-refractivity contribution in [3.05, 3.63) is 11.3 Å². The highest BCUT2D eigenvalue weighted by Gasteiger charge is 2.67. The van der Waals surface area contributed by atoms with E-state index < -0.39 is 16.7 Å². The summed E-state index contributed by atoms with van der Waals surface area (Å²) in [4.78, 5) is 23.7. The fraction of sp³-hybridized carbons (Fsp3) is 0.636. The predicted molar refractivity (Wildman–Crippen MR) is 61.4 cm³/mol. The smallest absolute Gasteiger partial charge is 0.339 e.